The van der Waals surface area contributed by atoms with Crippen LogP contribution in [0.5, 0.6) is 5.75 Å². The Morgan fingerprint density at radius 3 is 2.30 bits per heavy atom. The fourth-order valence-electron chi connectivity index (χ4n) is 3.56. The lowest BCUT2D eigenvalue weighted by atomic mass is 9.95. The van der Waals surface area contributed by atoms with Crippen LogP contribution in [0, 0.1) is 0 Å². The zero-order chi connectivity index (χ0) is 19.4. The molecular weight excluding hydrogens is 340 g/mol. The van der Waals surface area contributed by atoms with E-state index in [1.807, 2.05) is 56.3 Å². The predicted octanol–water partition coefficient (Wildman–Crippen LogP) is 3.67. The first-order valence-corrected chi connectivity index (χ1v) is 9.39. The van der Waals surface area contributed by atoms with Gasteiger partial charge in [-0.3, -0.25) is 9.59 Å². The third-order valence-corrected chi connectivity index (χ3v) is 4.95. The quantitative estimate of drug-likeness (QED) is 0.818. The maximum atomic E-state index is 12.8. The molecular formula is C22H26N2O3. The standard InChI is InChI=1S/C22H26N2O3/c1-15(2)27-19-10-6-8-17(14-19)16-7-5-9-18(13-16)20(25)24-22(21(23)26)11-3-4-12-22/h5-10,13-15H,3-4,11-12H2,1-2H3,(H2,23,26)(H,24,25). The molecule has 0 radical (unpaired) electrons. The molecule has 5 heteroatoms. The minimum Gasteiger partial charge on any atom is -0.491 e. The molecule has 142 valence electrons. The molecule has 0 aromatic heterocycles. The molecule has 1 saturated carbocycles. The van der Waals surface area contributed by atoms with Crippen LogP contribution in [0.4, 0.5) is 0 Å². The Bertz CT molecular complexity index is 839. The van der Waals surface area contributed by atoms with E-state index >= 15 is 0 Å². The summed E-state index contributed by atoms with van der Waals surface area (Å²) in [6.07, 6.45) is 3.08. The number of nitrogens with two attached hydrogens (primary N) is 1. The van der Waals surface area contributed by atoms with E-state index < -0.39 is 11.4 Å². The van der Waals surface area contributed by atoms with Gasteiger partial charge in [-0.1, -0.05) is 37.1 Å². The van der Waals surface area contributed by atoms with Crippen LogP contribution >= 0.6 is 0 Å². The first kappa shape index (κ1) is 19.0. The summed E-state index contributed by atoms with van der Waals surface area (Å²) in [5, 5.41) is 2.89. The van der Waals surface area contributed by atoms with Crippen molar-refractivity contribution in [2.24, 2.45) is 5.73 Å². The molecule has 2 amide bonds. The largest absolute Gasteiger partial charge is 0.491 e. The van der Waals surface area contributed by atoms with Gasteiger partial charge in [-0.05, 0) is 62.1 Å². The molecule has 1 aliphatic carbocycles. The third-order valence-electron chi connectivity index (χ3n) is 4.95. The SMILES string of the molecule is CC(C)Oc1cccc(-c2cccc(C(=O)NC3(C(N)=O)CCCC3)c2)c1. The van der Waals surface area contributed by atoms with Crippen molar-refractivity contribution in [1.82, 2.24) is 5.32 Å². The van der Waals surface area contributed by atoms with Gasteiger partial charge in [0.1, 0.15) is 11.3 Å². The highest BCUT2D eigenvalue weighted by Gasteiger charge is 2.41. The number of rotatable bonds is 6. The molecule has 0 spiro atoms. The van der Waals surface area contributed by atoms with Gasteiger partial charge in [-0.2, -0.15) is 0 Å². The predicted molar refractivity (Wildman–Crippen MR) is 106 cm³/mol. The lowest BCUT2D eigenvalue weighted by Crippen LogP contribution is -2.55. The first-order chi connectivity index (χ1) is 12.9. The van der Waals surface area contributed by atoms with Crippen molar-refractivity contribution >= 4 is 11.8 Å². The van der Waals surface area contributed by atoms with Crippen molar-refractivity contribution in [3.63, 3.8) is 0 Å². The smallest absolute Gasteiger partial charge is 0.252 e. The summed E-state index contributed by atoms with van der Waals surface area (Å²) in [7, 11) is 0. The highest BCUT2D eigenvalue weighted by atomic mass is 16.5. The zero-order valence-electron chi connectivity index (χ0n) is 15.8. The number of hydrogen-bond acceptors (Lipinski definition) is 3. The first-order valence-electron chi connectivity index (χ1n) is 9.39. The number of amides is 2. The molecule has 0 aliphatic heterocycles. The summed E-state index contributed by atoms with van der Waals surface area (Å²) in [4.78, 5) is 24.7. The number of ether oxygens (including phenoxy) is 1. The van der Waals surface area contributed by atoms with Gasteiger partial charge in [-0.25, -0.2) is 0 Å². The van der Waals surface area contributed by atoms with E-state index in [4.69, 9.17) is 10.5 Å². The molecule has 27 heavy (non-hydrogen) atoms. The lowest BCUT2D eigenvalue weighted by Gasteiger charge is -2.26. The summed E-state index contributed by atoms with van der Waals surface area (Å²) in [5.74, 6) is 0.0613. The van der Waals surface area contributed by atoms with E-state index in [1.165, 1.54) is 0 Å². The van der Waals surface area contributed by atoms with Crippen LogP contribution in [-0.4, -0.2) is 23.5 Å². The van der Waals surface area contributed by atoms with E-state index in [1.54, 1.807) is 6.07 Å². The van der Waals surface area contributed by atoms with Crippen molar-refractivity contribution in [2.75, 3.05) is 0 Å². The Hall–Kier alpha value is -2.82. The van der Waals surface area contributed by atoms with Crippen LogP contribution in [0.15, 0.2) is 48.5 Å². The Labute approximate surface area is 159 Å². The average molecular weight is 366 g/mol. The van der Waals surface area contributed by atoms with Crippen LogP contribution < -0.4 is 15.8 Å². The van der Waals surface area contributed by atoms with Crippen LogP contribution in [0.25, 0.3) is 11.1 Å². The molecule has 0 bridgehead atoms. The molecule has 1 aliphatic rings. The minimum absolute atomic E-state index is 0.0914. The fraction of sp³-hybridized carbons (Fsp3) is 0.364. The summed E-state index contributed by atoms with van der Waals surface area (Å²) < 4.78 is 5.75. The van der Waals surface area contributed by atoms with Crippen LogP contribution in [0.1, 0.15) is 49.9 Å². The van der Waals surface area contributed by atoms with Gasteiger partial charge in [0.05, 0.1) is 6.10 Å². The van der Waals surface area contributed by atoms with Crippen molar-refractivity contribution in [3.05, 3.63) is 54.1 Å². The highest BCUT2D eigenvalue weighted by Crippen LogP contribution is 2.30. The van der Waals surface area contributed by atoms with Crippen LogP contribution in [0.2, 0.25) is 0 Å². The van der Waals surface area contributed by atoms with E-state index in [2.05, 4.69) is 5.32 Å². The molecule has 1 fully saturated rings. The van der Waals surface area contributed by atoms with Crippen LogP contribution in [-0.2, 0) is 4.79 Å². The second-order valence-corrected chi connectivity index (χ2v) is 7.38. The van der Waals surface area contributed by atoms with E-state index in [9.17, 15) is 9.59 Å². The van der Waals surface area contributed by atoms with Gasteiger partial charge >= 0.3 is 0 Å². The Kier molecular flexibility index (Phi) is 5.49. The number of benzene rings is 2. The third kappa shape index (κ3) is 4.30. The van der Waals surface area contributed by atoms with Crippen LogP contribution in [0.3, 0.4) is 0 Å². The second kappa shape index (κ2) is 7.82. The molecule has 0 saturated heterocycles. The molecule has 0 heterocycles. The number of hydrogen-bond donors (Lipinski definition) is 2. The fourth-order valence-corrected chi connectivity index (χ4v) is 3.56. The molecule has 0 unspecified atom stereocenters. The number of primary amides is 1. The van der Waals surface area contributed by atoms with Crippen molar-refractivity contribution < 1.29 is 14.3 Å². The molecule has 0 atom stereocenters. The van der Waals surface area contributed by atoms with Crippen molar-refractivity contribution in [3.8, 4) is 16.9 Å². The topological polar surface area (TPSA) is 81.4 Å². The maximum Gasteiger partial charge on any atom is 0.252 e. The van der Waals surface area contributed by atoms with E-state index in [0.717, 1.165) is 29.7 Å². The summed E-state index contributed by atoms with van der Waals surface area (Å²) in [6.45, 7) is 3.96. The molecule has 3 N–H and O–H groups in total. The normalized spacial score (nSPS) is 15.5. The van der Waals surface area contributed by atoms with Gasteiger partial charge in [0.2, 0.25) is 5.91 Å². The number of carbonyl (C=O) groups excluding carboxylic acids is 2. The average Bonchev–Trinajstić information content (AvgIpc) is 3.11. The molecule has 2 aromatic carbocycles. The maximum absolute atomic E-state index is 12.8. The van der Waals surface area contributed by atoms with Gasteiger partial charge < -0.3 is 15.8 Å². The van der Waals surface area contributed by atoms with Gasteiger partial charge in [0.25, 0.3) is 5.91 Å². The van der Waals surface area contributed by atoms with Gasteiger partial charge in [0, 0.05) is 5.56 Å². The highest BCUT2D eigenvalue weighted by molar-refractivity contribution is 5.99. The Morgan fingerprint density at radius 1 is 1.04 bits per heavy atom. The molecule has 5 nitrogen and oxygen atoms in total. The monoisotopic (exact) mass is 366 g/mol. The summed E-state index contributed by atoms with van der Waals surface area (Å²) >= 11 is 0. The van der Waals surface area contributed by atoms with Crippen molar-refractivity contribution in [2.45, 2.75) is 51.2 Å². The van der Waals surface area contributed by atoms with Gasteiger partial charge in [-0.15, -0.1) is 0 Å². The summed E-state index contributed by atoms with van der Waals surface area (Å²) in [6, 6.07) is 15.1. The minimum atomic E-state index is -0.919. The number of carbonyl (C=O) groups is 2. The molecule has 3 rings (SSSR count). The second-order valence-electron chi connectivity index (χ2n) is 7.38. The van der Waals surface area contributed by atoms with E-state index in [-0.39, 0.29) is 12.0 Å². The lowest BCUT2D eigenvalue weighted by molar-refractivity contribution is -0.123. The van der Waals surface area contributed by atoms with E-state index in [0.29, 0.717) is 18.4 Å². The van der Waals surface area contributed by atoms with Crippen molar-refractivity contribution in [1.29, 1.82) is 0 Å². The zero-order valence-corrected chi connectivity index (χ0v) is 15.8. The summed E-state index contributed by atoms with van der Waals surface area (Å²) in [5.41, 5.74) is 7.04. The molecule has 2 aromatic rings. The van der Waals surface area contributed by atoms with Gasteiger partial charge in [0.15, 0.2) is 0 Å². The Morgan fingerprint density at radius 2 is 1.67 bits per heavy atom. The Balaban J connectivity index is 1.83. The number of nitrogens with one attached hydrogen (secondary N) is 1.